The first-order valence-electron chi connectivity index (χ1n) is 10.3. The second-order valence-electron chi connectivity index (χ2n) is 7.90. The lowest BCUT2D eigenvalue weighted by molar-refractivity contribution is -0.147. The SMILES string of the molecule is COc1ccc(CN2CCCC23CCCN(CCc2ccccc2)C3=O)cn1. The zero-order valence-electron chi connectivity index (χ0n) is 16.6. The van der Waals surface area contributed by atoms with E-state index in [0.717, 1.165) is 63.8 Å². The van der Waals surface area contributed by atoms with E-state index in [4.69, 9.17) is 4.74 Å². The lowest BCUT2D eigenvalue weighted by Crippen LogP contribution is -2.59. The molecule has 1 unspecified atom stereocenters. The summed E-state index contributed by atoms with van der Waals surface area (Å²) in [5.74, 6) is 0.953. The fourth-order valence-corrected chi connectivity index (χ4v) is 4.72. The highest BCUT2D eigenvalue weighted by Gasteiger charge is 2.50. The Morgan fingerprint density at radius 2 is 1.82 bits per heavy atom. The van der Waals surface area contributed by atoms with E-state index < -0.39 is 0 Å². The Morgan fingerprint density at radius 3 is 2.54 bits per heavy atom. The van der Waals surface area contributed by atoms with E-state index in [1.807, 2.05) is 18.3 Å². The van der Waals surface area contributed by atoms with Crippen LogP contribution < -0.4 is 4.74 Å². The molecule has 0 radical (unpaired) electrons. The summed E-state index contributed by atoms with van der Waals surface area (Å²) in [5, 5.41) is 0. The van der Waals surface area contributed by atoms with Gasteiger partial charge in [-0.2, -0.15) is 0 Å². The molecule has 4 rings (SSSR count). The average molecular weight is 380 g/mol. The van der Waals surface area contributed by atoms with E-state index in [-0.39, 0.29) is 5.54 Å². The van der Waals surface area contributed by atoms with Crippen molar-refractivity contribution in [1.82, 2.24) is 14.8 Å². The van der Waals surface area contributed by atoms with E-state index in [1.165, 1.54) is 5.56 Å². The molecule has 28 heavy (non-hydrogen) atoms. The predicted octanol–water partition coefficient (Wildman–Crippen LogP) is 3.29. The maximum absolute atomic E-state index is 13.5. The molecule has 0 N–H and O–H groups in total. The molecule has 0 bridgehead atoms. The average Bonchev–Trinajstić information content (AvgIpc) is 3.13. The molecule has 1 atom stereocenters. The molecule has 148 valence electrons. The molecule has 0 aliphatic carbocycles. The molecule has 2 fully saturated rings. The quantitative estimate of drug-likeness (QED) is 0.773. The van der Waals surface area contributed by atoms with Crippen molar-refractivity contribution in [2.75, 3.05) is 26.7 Å². The molecule has 0 saturated carbocycles. The number of hydrogen-bond donors (Lipinski definition) is 0. The predicted molar refractivity (Wildman–Crippen MR) is 109 cm³/mol. The normalized spacial score (nSPS) is 22.8. The van der Waals surface area contributed by atoms with Gasteiger partial charge in [-0.25, -0.2) is 4.98 Å². The third-order valence-electron chi connectivity index (χ3n) is 6.22. The molecule has 2 aliphatic rings. The smallest absolute Gasteiger partial charge is 0.243 e. The lowest BCUT2D eigenvalue weighted by atomic mass is 9.85. The molecule has 1 aromatic carbocycles. The molecule has 2 aromatic rings. The number of amides is 1. The van der Waals surface area contributed by atoms with Crippen LogP contribution >= 0.6 is 0 Å². The number of hydrogen-bond acceptors (Lipinski definition) is 4. The van der Waals surface area contributed by atoms with Gasteiger partial charge in [0.15, 0.2) is 0 Å². The topological polar surface area (TPSA) is 45.7 Å². The first-order chi connectivity index (χ1) is 13.7. The number of ether oxygens (including phenoxy) is 1. The molecule has 5 nitrogen and oxygen atoms in total. The van der Waals surface area contributed by atoms with E-state index in [0.29, 0.717) is 11.8 Å². The first kappa shape index (κ1) is 18.9. The zero-order chi connectivity index (χ0) is 19.4. The minimum atomic E-state index is -0.325. The molecular weight excluding hydrogens is 350 g/mol. The molecule has 1 amide bonds. The third-order valence-corrected chi connectivity index (χ3v) is 6.22. The fourth-order valence-electron chi connectivity index (χ4n) is 4.72. The van der Waals surface area contributed by atoms with Crippen molar-refractivity contribution in [3.05, 3.63) is 59.8 Å². The van der Waals surface area contributed by atoms with Crippen LogP contribution in [0.15, 0.2) is 48.7 Å². The number of likely N-dealkylation sites (tertiary alicyclic amines) is 2. The summed E-state index contributed by atoms with van der Waals surface area (Å²) in [6.45, 7) is 3.44. The van der Waals surface area contributed by atoms with Crippen molar-refractivity contribution in [3.63, 3.8) is 0 Å². The number of aromatic nitrogens is 1. The highest BCUT2D eigenvalue weighted by atomic mass is 16.5. The van der Waals surface area contributed by atoms with Gasteiger partial charge in [-0.1, -0.05) is 36.4 Å². The molecular formula is C23H29N3O2. The second kappa shape index (κ2) is 8.31. The fraction of sp³-hybridized carbons (Fsp3) is 0.478. The van der Waals surface area contributed by atoms with Gasteiger partial charge in [0.25, 0.3) is 0 Å². The van der Waals surface area contributed by atoms with Crippen LogP contribution in [0.5, 0.6) is 5.88 Å². The van der Waals surface area contributed by atoms with Crippen molar-refractivity contribution in [2.45, 2.75) is 44.2 Å². The van der Waals surface area contributed by atoms with Gasteiger partial charge in [0.1, 0.15) is 5.54 Å². The van der Waals surface area contributed by atoms with Gasteiger partial charge >= 0.3 is 0 Å². The maximum Gasteiger partial charge on any atom is 0.243 e. The second-order valence-corrected chi connectivity index (χ2v) is 7.90. The van der Waals surface area contributed by atoms with Crippen LogP contribution in [0, 0.1) is 0 Å². The van der Waals surface area contributed by atoms with Gasteiger partial charge in [-0.05, 0) is 49.8 Å². The largest absolute Gasteiger partial charge is 0.481 e. The Morgan fingerprint density at radius 1 is 1.04 bits per heavy atom. The highest BCUT2D eigenvalue weighted by Crippen LogP contribution is 2.39. The minimum Gasteiger partial charge on any atom is -0.481 e. The first-order valence-corrected chi connectivity index (χ1v) is 10.3. The molecule has 1 aromatic heterocycles. The Bertz CT molecular complexity index is 793. The maximum atomic E-state index is 13.5. The number of rotatable bonds is 6. The number of carbonyl (C=O) groups excluding carboxylic acids is 1. The summed E-state index contributed by atoms with van der Waals surface area (Å²) in [4.78, 5) is 22.3. The number of nitrogens with zero attached hydrogens (tertiary/aromatic N) is 3. The van der Waals surface area contributed by atoms with Gasteiger partial charge in [0.2, 0.25) is 11.8 Å². The van der Waals surface area contributed by atoms with Crippen molar-refractivity contribution in [2.24, 2.45) is 0 Å². The molecule has 1 spiro atoms. The Hall–Kier alpha value is -2.40. The molecule has 2 saturated heterocycles. The number of pyridine rings is 1. The van der Waals surface area contributed by atoms with Gasteiger partial charge < -0.3 is 9.64 Å². The van der Waals surface area contributed by atoms with E-state index in [1.54, 1.807) is 7.11 Å². The Kier molecular flexibility index (Phi) is 5.62. The molecule has 3 heterocycles. The van der Waals surface area contributed by atoms with Crippen molar-refractivity contribution in [3.8, 4) is 5.88 Å². The van der Waals surface area contributed by atoms with Gasteiger partial charge in [0.05, 0.1) is 7.11 Å². The van der Waals surface area contributed by atoms with Crippen molar-refractivity contribution >= 4 is 5.91 Å². The standard InChI is InChI=1S/C23H29N3O2/c1-28-21-10-9-20(17-24-21)18-26-15-6-13-23(26)12-5-14-25(22(23)27)16-11-19-7-3-2-4-8-19/h2-4,7-10,17H,5-6,11-16,18H2,1H3. The van der Waals surface area contributed by atoms with Crippen LogP contribution in [0.4, 0.5) is 0 Å². The number of carbonyl (C=O) groups is 1. The van der Waals surface area contributed by atoms with Gasteiger partial charge in [0, 0.05) is 31.9 Å². The summed E-state index contributed by atoms with van der Waals surface area (Å²) in [6.07, 6.45) is 6.89. The number of benzene rings is 1. The monoisotopic (exact) mass is 379 g/mol. The van der Waals surface area contributed by atoms with Gasteiger partial charge in [-0.15, -0.1) is 0 Å². The lowest BCUT2D eigenvalue weighted by Gasteiger charge is -2.44. The highest BCUT2D eigenvalue weighted by molar-refractivity contribution is 5.87. The van der Waals surface area contributed by atoms with Crippen molar-refractivity contribution < 1.29 is 9.53 Å². The van der Waals surface area contributed by atoms with Crippen LogP contribution in [0.2, 0.25) is 0 Å². The summed E-state index contributed by atoms with van der Waals surface area (Å²) in [6, 6.07) is 14.4. The zero-order valence-corrected chi connectivity index (χ0v) is 16.6. The van der Waals surface area contributed by atoms with E-state index >= 15 is 0 Å². The van der Waals surface area contributed by atoms with Crippen LogP contribution in [-0.4, -0.2) is 53.0 Å². The van der Waals surface area contributed by atoms with Crippen LogP contribution in [-0.2, 0) is 17.8 Å². The Labute approximate surface area is 167 Å². The van der Waals surface area contributed by atoms with Crippen LogP contribution in [0.25, 0.3) is 0 Å². The van der Waals surface area contributed by atoms with Crippen LogP contribution in [0.3, 0.4) is 0 Å². The summed E-state index contributed by atoms with van der Waals surface area (Å²) in [7, 11) is 1.63. The van der Waals surface area contributed by atoms with E-state index in [9.17, 15) is 4.79 Å². The molecule has 2 aliphatic heterocycles. The summed E-state index contributed by atoms with van der Waals surface area (Å²) < 4.78 is 5.16. The minimum absolute atomic E-state index is 0.325. The van der Waals surface area contributed by atoms with E-state index in [2.05, 4.69) is 45.1 Å². The van der Waals surface area contributed by atoms with Crippen LogP contribution in [0.1, 0.15) is 36.8 Å². The third kappa shape index (κ3) is 3.76. The van der Waals surface area contributed by atoms with Gasteiger partial charge in [-0.3, -0.25) is 9.69 Å². The number of methoxy groups -OCH3 is 1. The van der Waals surface area contributed by atoms with Crippen molar-refractivity contribution in [1.29, 1.82) is 0 Å². The Balaban J connectivity index is 1.45. The molecule has 5 heteroatoms. The summed E-state index contributed by atoms with van der Waals surface area (Å²) >= 11 is 0. The summed E-state index contributed by atoms with van der Waals surface area (Å²) in [5.41, 5.74) is 2.10. The number of piperidine rings is 1.